The van der Waals surface area contributed by atoms with Crippen LogP contribution >= 0.6 is 11.9 Å². The molecule has 0 aromatic heterocycles. The van der Waals surface area contributed by atoms with Crippen LogP contribution in [0.5, 0.6) is 0 Å². The van der Waals surface area contributed by atoms with Gasteiger partial charge in [0.25, 0.3) is 0 Å². The predicted molar refractivity (Wildman–Crippen MR) is 114 cm³/mol. The molecule has 1 aliphatic carbocycles. The summed E-state index contributed by atoms with van der Waals surface area (Å²) in [5.74, 6) is -1.25. The zero-order valence-corrected chi connectivity index (χ0v) is 17.6. The highest BCUT2D eigenvalue weighted by Crippen LogP contribution is 2.51. The quantitative estimate of drug-likeness (QED) is 0.300. The first-order valence-electron chi connectivity index (χ1n) is 9.59. The second-order valence-electron chi connectivity index (χ2n) is 7.36. The smallest absolute Gasteiger partial charge is 0.146 e. The maximum atomic E-state index is 14.2. The maximum Gasteiger partial charge on any atom is 0.146 e. The molecule has 0 radical (unpaired) electrons. The number of aryl methyl sites for hydroxylation is 1. The third-order valence-electron chi connectivity index (χ3n) is 4.77. The molecule has 0 unspecified atom stereocenters. The van der Waals surface area contributed by atoms with Gasteiger partial charge in [-0.1, -0.05) is 32.4 Å². The Hall–Kier alpha value is -1.82. The van der Waals surface area contributed by atoms with Gasteiger partial charge < -0.3 is 10.0 Å². The summed E-state index contributed by atoms with van der Waals surface area (Å²) in [5, 5.41) is 2.96. The van der Waals surface area contributed by atoms with Crippen molar-refractivity contribution in [3.8, 4) is 0 Å². The Morgan fingerprint density at radius 3 is 2.64 bits per heavy atom. The van der Waals surface area contributed by atoms with E-state index in [4.69, 9.17) is 0 Å². The van der Waals surface area contributed by atoms with E-state index in [-0.39, 0.29) is 10.4 Å². The van der Waals surface area contributed by atoms with Crippen LogP contribution in [0.4, 0.5) is 18.9 Å². The second-order valence-corrected chi connectivity index (χ2v) is 8.63. The van der Waals surface area contributed by atoms with Gasteiger partial charge in [0.2, 0.25) is 0 Å². The van der Waals surface area contributed by atoms with Gasteiger partial charge in [0.1, 0.15) is 18.3 Å². The van der Waals surface area contributed by atoms with E-state index in [1.54, 1.807) is 31.0 Å². The third-order valence-corrected chi connectivity index (χ3v) is 6.12. The highest BCUT2D eigenvalue weighted by Gasteiger charge is 2.43. The Morgan fingerprint density at radius 2 is 2.07 bits per heavy atom. The fraction of sp³-hybridized carbons (Fsp3) is 0.455. The lowest BCUT2D eigenvalue weighted by Gasteiger charge is -2.21. The summed E-state index contributed by atoms with van der Waals surface area (Å²) in [7, 11) is 0. The van der Waals surface area contributed by atoms with Crippen LogP contribution in [0.3, 0.4) is 0 Å². The predicted octanol–water partition coefficient (Wildman–Crippen LogP) is 7.12. The molecule has 6 heteroatoms. The maximum absolute atomic E-state index is 14.2. The van der Waals surface area contributed by atoms with E-state index in [1.165, 1.54) is 6.07 Å². The van der Waals surface area contributed by atoms with Crippen LogP contribution in [0.2, 0.25) is 0 Å². The fourth-order valence-electron chi connectivity index (χ4n) is 2.87. The number of nitrogens with one attached hydrogen (secondary N) is 2. The van der Waals surface area contributed by atoms with E-state index in [9.17, 15) is 13.2 Å². The minimum absolute atomic E-state index is 0.180. The van der Waals surface area contributed by atoms with E-state index in [2.05, 4.69) is 23.5 Å². The number of alkyl halides is 1. The Bertz CT molecular complexity index is 767. The van der Waals surface area contributed by atoms with Crippen molar-refractivity contribution in [2.45, 2.75) is 57.6 Å². The first-order valence-corrected chi connectivity index (χ1v) is 10.4. The molecular formula is C22H29F3N2S. The standard InChI is InChI=1S/C22H29F3N2S/c1-5-6-9-22(10-11-22)28-27-21(16(3)13-18(24)14-23)17(4)26-20-8-7-15(2)12-19(20)25/h7-8,12-13,26-27H,4-6,9-11,14H2,1-3H3/b18-13+,21-16+. The molecule has 1 aromatic carbocycles. The molecule has 154 valence electrons. The van der Waals surface area contributed by atoms with Gasteiger partial charge >= 0.3 is 0 Å². The summed E-state index contributed by atoms with van der Waals surface area (Å²) < 4.78 is 43.8. The summed E-state index contributed by atoms with van der Waals surface area (Å²) in [6, 6.07) is 4.86. The van der Waals surface area contributed by atoms with E-state index < -0.39 is 18.3 Å². The number of unbranched alkanes of at least 4 members (excludes halogenated alkanes) is 1. The average Bonchev–Trinajstić information content (AvgIpc) is 3.42. The Morgan fingerprint density at radius 1 is 1.36 bits per heavy atom. The van der Waals surface area contributed by atoms with Gasteiger partial charge in [-0.2, -0.15) is 0 Å². The van der Waals surface area contributed by atoms with Gasteiger partial charge in [0.15, 0.2) is 0 Å². The zero-order valence-electron chi connectivity index (χ0n) is 16.8. The van der Waals surface area contributed by atoms with Crippen LogP contribution in [0.1, 0.15) is 51.5 Å². The van der Waals surface area contributed by atoms with E-state index in [0.29, 0.717) is 17.0 Å². The number of halogens is 3. The van der Waals surface area contributed by atoms with Crippen LogP contribution in [0.15, 0.2) is 53.6 Å². The molecule has 1 saturated carbocycles. The Balaban J connectivity index is 2.20. The Kier molecular flexibility index (Phi) is 8.10. The van der Waals surface area contributed by atoms with E-state index in [0.717, 1.165) is 43.7 Å². The first-order chi connectivity index (χ1) is 13.3. The van der Waals surface area contributed by atoms with Crippen molar-refractivity contribution >= 4 is 17.6 Å². The normalized spacial score (nSPS) is 16.4. The van der Waals surface area contributed by atoms with Crippen LogP contribution in [0.25, 0.3) is 0 Å². The molecule has 2 nitrogen and oxygen atoms in total. The lowest BCUT2D eigenvalue weighted by molar-refractivity contribution is 0.459. The largest absolute Gasteiger partial charge is 0.352 e. The van der Waals surface area contributed by atoms with Gasteiger partial charge in [-0.15, -0.1) is 0 Å². The molecule has 28 heavy (non-hydrogen) atoms. The minimum atomic E-state index is -1.16. The monoisotopic (exact) mass is 410 g/mol. The summed E-state index contributed by atoms with van der Waals surface area (Å²) >= 11 is 1.60. The number of hydrogen-bond donors (Lipinski definition) is 2. The number of benzene rings is 1. The van der Waals surface area contributed by atoms with Crippen molar-refractivity contribution in [3.05, 3.63) is 65.0 Å². The first kappa shape index (κ1) is 22.5. The van der Waals surface area contributed by atoms with Crippen molar-refractivity contribution < 1.29 is 13.2 Å². The number of rotatable bonds is 11. The molecule has 2 N–H and O–H groups in total. The summed E-state index contributed by atoms with van der Waals surface area (Å²) in [4.78, 5) is 0. The molecule has 1 aromatic rings. The molecule has 0 atom stereocenters. The van der Waals surface area contributed by atoms with Crippen LogP contribution in [-0.2, 0) is 0 Å². The third kappa shape index (κ3) is 6.36. The highest BCUT2D eigenvalue weighted by molar-refractivity contribution is 7.99. The fourth-order valence-corrected chi connectivity index (χ4v) is 4.03. The van der Waals surface area contributed by atoms with Crippen molar-refractivity contribution in [1.82, 2.24) is 4.72 Å². The van der Waals surface area contributed by atoms with Crippen molar-refractivity contribution in [2.75, 3.05) is 12.0 Å². The van der Waals surface area contributed by atoms with E-state index >= 15 is 0 Å². The topological polar surface area (TPSA) is 24.1 Å². The van der Waals surface area contributed by atoms with Gasteiger partial charge in [-0.05, 0) is 74.4 Å². The molecule has 1 fully saturated rings. The SMILES string of the molecule is C=C(Nc1ccc(C)cc1F)/C(NSC1(CCCC)CC1)=C(C)\C=C(\F)CF. The molecule has 0 bridgehead atoms. The van der Waals surface area contributed by atoms with Gasteiger partial charge in [0.05, 0.1) is 17.1 Å². The molecule has 2 rings (SSSR count). The Labute approximate surface area is 170 Å². The van der Waals surface area contributed by atoms with E-state index in [1.807, 2.05) is 6.92 Å². The molecule has 0 amide bonds. The van der Waals surface area contributed by atoms with Crippen LogP contribution in [0, 0.1) is 12.7 Å². The minimum Gasteiger partial charge on any atom is -0.352 e. The molecule has 0 saturated heterocycles. The lowest BCUT2D eigenvalue weighted by Crippen LogP contribution is -2.18. The highest BCUT2D eigenvalue weighted by atomic mass is 32.2. The molecule has 1 aliphatic rings. The summed E-state index contributed by atoms with van der Waals surface area (Å²) in [6.45, 7) is 8.49. The molecular weight excluding hydrogens is 381 g/mol. The molecule has 0 heterocycles. The zero-order chi connectivity index (χ0) is 20.7. The van der Waals surface area contributed by atoms with Crippen LogP contribution < -0.4 is 10.0 Å². The molecule has 0 spiro atoms. The summed E-state index contributed by atoms with van der Waals surface area (Å²) in [6.07, 6.45) is 6.78. The van der Waals surface area contributed by atoms with Crippen molar-refractivity contribution in [2.24, 2.45) is 0 Å². The molecule has 0 aliphatic heterocycles. The van der Waals surface area contributed by atoms with Crippen molar-refractivity contribution in [1.29, 1.82) is 0 Å². The van der Waals surface area contributed by atoms with Gasteiger partial charge in [0, 0.05) is 4.75 Å². The summed E-state index contributed by atoms with van der Waals surface area (Å²) in [5.41, 5.74) is 2.54. The van der Waals surface area contributed by atoms with Gasteiger partial charge in [-0.3, -0.25) is 0 Å². The van der Waals surface area contributed by atoms with Crippen molar-refractivity contribution in [3.63, 3.8) is 0 Å². The number of allylic oxidation sites excluding steroid dienone is 3. The average molecular weight is 411 g/mol. The lowest BCUT2D eigenvalue weighted by atomic mass is 10.1. The van der Waals surface area contributed by atoms with Gasteiger partial charge in [-0.25, -0.2) is 13.2 Å². The number of anilines is 1. The van der Waals surface area contributed by atoms with Crippen LogP contribution in [-0.4, -0.2) is 11.4 Å². The second kappa shape index (κ2) is 10.1. The number of hydrogen-bond acceptors (Lipinski definition) is 3.